The molecule has 1 aliphatic rings. The van der Waals surface area contributed by atoms with E-state index in [1.807, 2.05) is 55.3 Å². The monoisotopic (exact) mass is 514 g/mol. The Kier molecular flexibility index (Phi) is 5.93. The van der Waals surface area contributed by atoms with Crippen molar-refractivity contribution in [2.45, 2.75) is 33.3 Å². The van der Waals surface area contributed by atoms with Crippen molar-refractivity contribution >= 4 is 11.0 Å². The van der Waals surface area contributed by atoms with Crippen LogP contribution in [0.2, 0.25) is 0 Å². The predicted octanol–water partition coefficient (Wildman–Crippen LogP) is 4.56. The van der Waals surface area contributed by atoms with E-state index >= 15 is 0 Å². The van der Waals surface area contributed by atoms with E-state index < -0.39 is 6.61 Å². The summed E-state index contributed by atoms with van der Waals surface area (Å²) in [4.78, 5) is 4.76. The average molecular weight is 515 g/mol. The van der Waals surface area contributed by atoms with Gasteiger partial charge in [-0.3, -0.25) is 9.36 Å². The van der Waals surface area contributed by atoms with Gasteiger partial charge in [0.2, 0.25) is 0 Å². The molecular formula is C28H24F2N6O2. The van der Waals surface area contributed by atoms with Crippen LogP contribution in [0.5, 0.6) is 5.75 Å². The van der Waals surface area contributed by atoms with Gasteiger partial charge in [0.1, 0.15) is 18.2 Å². The van der Waals surface area contributed by atoms with Gasteiger partial charge in [-0.25, -0.2) is 4.98 Å². The summed E-state index contributed by atoms with van der Waals surface area (Å²) >= 11 is 0. The molecule has 0 radical (unpaired) electrons. The van der Waals surface area contributed by atoms with Crippen LogP contribution in [0.4, 0.5) is 8.78 Å². The first-order valence-corrected chi connectivity index (χ1v) is 12.0. The van der Waals surface area contributed by atoms with Gasteiger partial charge in [-0.2, -0.15) is 19.0 Å². The zero-order chi connectivity index (χ0) is 26.4. The number of benzene rings is 2. The van der Waals surface area contributed by atoms with E-state index in [2.05, 4.69) is 22.0 Å². The standard InChI is InChI=1S/C28H24F2N6O2/c1-17-8-21(20-11-32-35(3)13-20)23-15-37-16-26-33-24-7-6-18(4-5-19-10-31-34(2)12-19)9-25(24)36(26)14-22(23)27(17)38-28(29)30/h6-13,28H,14-16H2,1-3H3. The van der Waals surface area contributed by atoms with Gasteiger partial charge in [0, 0.05) is 43.2 Å². The minimum absolute atomic E-state index is 0.161. The second kappa shape index (κ2) is 9.43. The Labute approximate surface area is 217 Å². The first kappa shape index (κ1) is 23.9. The highest BCUT2D eigenvalue weighted by atomic mass is 19.3. The quantitative estimate of drug-likeness (QED) is 0.330. The van der Waals surface area contributed by atoms with Gasteiger partial charge < -0.3 is 14.0 Å². The largest absolute Gasteiger partial charge is 0.434 e. The molecule has 4 heterocycles. The number of halogens is 2. The lowest BCUT2D eigenvalue weighted by atomic mass is 9.93. The molecule has 0 saturated heterocycles. The number of alkyl halides is 2. The molecule has 0 unspecified atom stereocenters. The van der Waals surface area contributed by atoms with Crippen molar-refractivity contribution < 1.29 is 18.3 Å². The molecule has 3 aromatic heterocycles. The van der Waals surface area contributed by atoms with Crippen LogP contribution in [0.25, 0.3) is 22.2 Å². The summed E-state index contributed by atoms with van der Waals surface area (Å²) in [6.07, 6.45) is 7.21. The Morgan fingerprint density at radius 3 is 2.50 bits per heavy atom. The van der Waals surface area contributed by atoms with Crippen molar-refractivity contribution in [3.05, 3.63) is 82.7 Å². The SMILES string of the molecule is Cc1cc(-c2cnn(C)c2)c2c(c1OC(F)F)Cn1c(nc3ccc(C#Cc4cnn(C)c4)cc31)COC2. The summed E-state index contributed by atoms with van der Waals surface area (Å²) in [5.41, 5.74) is 7.01. The maximum atomic E-state index is 13.5. The summed E-state index contributed by atoms with van der Waals surface area (Å²) in [5.74, 6) is 7.17. The molecule has 0 fully saturated rings. The third kappa shape index (κ3) is 4.41. The van der Waals surface area contributed by atoms with E-state index in [0.717, 1.165) is 38.9 Å². The number of aryl methyl sites for hydroxylation is 3. The van der Waals surface area contributed by atoms with Crippen LogP contribution in [0, 0.1) is 18.8 Å². The molecule has 0 N–H and O–H groups in total. The number of rotatable bonds is 3. The predicted molar refractivity (Wildman–Crippen MR) is 137 cm³/mol. The van der Waals surface area contributed by atoms with E-state index in [-0.39, 0.29) is 19.0 Å². The topological polar surface area (TPSA) is 71.9 Å². The lowest BCUT2D eigenvalue weighted by Gasteiger charge is -2.24. The summed E-state index contributed by atoms with van der Waals surface area (Å²) in [5, 5.41) is 8.45. The van der Waals surface area contributed by atoms with Crippen LogP contribution in [0.1, 0.15) is 33.6 Å². The van der Waals surface area contributed by atoms with Crippen molar-refractivity contribution in [2.24, 2.45) is 14.1 Å². The highest BCUT2D eigenvalue weighted by Gasteiger charge is 2.25. The van der Waals surface area contributed by atoms with Crippen molar-refractivity contribution in [1.29, 1.82) is 0 Å². The first-order chi connectivity index (χ1) is 18.4. The fraction of sp³-hybridized carbons (Fsp3) is 0.250. The molecule has 6 rings (SSSR count). The maximum Gasteiger partial charge on any atom is 0.387 e. The number of ether oxygens (including phenoxy) is 2. The normalized spacial score (nSPS) is 13.0. The third-order valence-electron chi connectivity index (χ3n) is 6.58. The summed E-state index contributed by atoms with van der Waals surface area (Å²) in [6, 6.07) is 7.64. The molecule has 0 bridgehead atoms. The van der Waals surface area contributed by atoms with Gasteiger partial charge in [-0.15, -0.1) is 0 Å². The second-order valence-corrected chi connectivity index (χ2v) is 9.27. The fourth-order valence-electron chi connectivity index (χ4n) is 4.88. The molecule has 0 spiro atoms. The minimum atomic E-state index is -2.96. The van der Waals surface area contributed by atoms with Gasteiger partial charge in [-0.1, -0.05) is 11.8 Å². The van der Waals surface area contributed by atoms with Crippen molar-refractivity contribution in [3.8, 4) is 28.7 Å². The molecule has 1 aliphatic heterocycles. The molecule has 10 heteroatoms. The zero-order valence-corrected chi connectivity index (χ0v) is 21.1. The maximum absolute atomic E-state index is 13.5. The minimum Gasteiger partial charge on any atom is -0.434 e. The van der Waals surface area contributed by atoms with Gasteiger partial charge in [-0.05, 0) is 47.9 Å². The van der Waals surface area contributed by atoms with Crippen LogP contribution in [0.15, 0.2) is 49.1 Å². The Hall–Kier alpha value is -4.49. The Balaban J connectivity index is 1.50. The number of nitrogens with zero attached hydrogens (tertiary/aromatic N) is 6. The highest BCUT2D eigenvalue weighted by Crippen LogP contribution is 2.39. The summed E-state index contributed by atoms with van der Waals surface area (Å²) in [6.45, 7) is -0.389. The second-order valence-electron chi connectivity index (χ2n) is 9.27. The molecule has 192 valence electrons. The van der Waals surface area contributed by atoms with Crippen LogP contribution in [-0.2, 0) is 38.6 Å². The molecule has 0 aliphatic carbocycles. The smallest absolute Gasteiger partial charge is 0.387 e. The number of aromatic nitrogens is 6. The molecule has 5 aromatic rings. The van der Waals surface area contributed by atoms with E-state index in [9.17, 15) is 8.78 Å². The summed E-state index contributed by atoms with van der Waals surface area (Å²) in [7, 11) is 3.68. The lowest BCUT2D eigenvalue weighted by Crippen LogP contribution is -2.17. The number of fused-ring (bicyclic) bond motifs is 4. The van der Waals surface area contributed by atoms with E-state index in [0.29, 0.717) is 23.5 Å². The van der Waals surface area contributed by atoms with Crippen LogP contribution >= 0.6 is 0 Å². The Morgan fingerprint density at radius 1 is 0.974 bits per heavy atom. The number of imidazole rings is 1. The van der Waals surface area contributed by atoms with Crippen LogP contribution < -0.4 is 4.74 Å². The first-order valence-electron chi connectivity index (χ1n) is 12.0. The summed E-state index contributed by atoms with van der Waals surface area (Å²) < 4.78 is 43.6. The number of hydrogen-bond acceptors (Lipinski definition) is 5. The van der Waals surface area contributed by atoms with Gasteiger partial charge >= 0.3 is 6.61 Å². The van der Waals surface area contributed by atoms with Crippen molar-refractivity contribution in [3.63, 3.8) is 0 Å². The Morgan fingerprint density at radius 2 is 1.76 bits per heavy atom. The lowest BCUT2D eigenvalue weighted by molar-refractivity contribution is -0.0511. The fourth-order valence-corrected chi connectivity index (χ4v) is 4.88. The van der Waals surface area contributed by atoms with Gasteiger partial charge in [0.25, 0.3) is 0 Å². The highest BCUT2D eigenvalue weighted by molar-refractivity contribution is 5.79. The molecule has 38 heavy (non-hydrogen) atoms. The van der Waals surface area contributed by atoms with E-state index in [1.165, 1.54) is 0 Å². The molecule has 0 saturated carbocycles. The van der Waals surface area contributed by atoms with Crippen LogP contribution in [-0.4, -0.2) is 35.7 Å². The molecule has 8 nitrogen and oxygen atoms in total. The molecular weight excluding hydrogens is 490 g/mol. The molecule has 0 amide bonds. The third-order valence-corrected chi connectivity index (χ3v) is 6.58. The zero-order valence-electron chi connectivity index (χ0n) is 21.1. The van der Waals surface area contributed by atoms with E-state index in [1.54, 1.807) is 28.7 Å². The van der Waals surface area contributed by atoms with Gasteiger partial charge in [0.05, 0.1) is 42.1 Å². The average Bonchev–Trinajstić information content (AvgIpc) is 3.57. The molecule has 0 atom stereocenters. The van der Waals surface area contributed by atoms with Crippen molar-refractivity contribution in [1.82, 2.24) is 29.1 Å². The van der Waals surface area contributed by atoms with Crippen LogP contribution in [0.3, 0.4) is 0 Å². The van der Waals surface area contributed by atoms with E-state index in [4.69, 9.17) is 14.5 Å². The molecule has 2 aromatic carbocycles. The number of hydrogen-bond donors (Lipinski definition) is 0. The van der Waals surface area contributed by atoms with Crippen molar-refractivity contribution in [2.75, 3.05) is 0 Å². The Bertz CT molecular complexity index is 1740. The van der Waals surface area contributed by atoms with Gasteiger partial charge in [0.15, 0.2) is 0 Å².